The molecule has 2 aromatic carbocycles. The fraction of sp³-hybridized carbons (Fsp3) is 0.231. The van der Waals surface area contributed by atoms with Gasteiger partial charge in [0.25, 0.3) is 0 Å². The van der Waals surface area contributed by atoms with Crippen LogP contribution in [0.2, 0.25) is 0 Å². The first-order chi connectivity index (χ1) is 13.3. The Morgan fingerprint density at radius 2 is 1.44 bits per heavy atom. The Balaban J connectivity index is 1.85. The first-order valence-corrected chi connectivity index (χ1v) is 9.93. The SMILES string of the molecule is NC1=CC(C(C2=CCCC=C2)C(c2ccccc2)c2ccccc2)CC=C1. The monoisotopic (exact) mass is 353 g/mol. The van der Waals surface area contributed by atoms with Gasteiger partial charge >= 0.3 is 0 Å². The highest BCUT2D eigenvalue weighted by Crippen LogP contribution is 2.44. The number of nitrogens with two attached hydrogens (primary N) is 1. The smallest absolute Gasteiger partial charge is 0.0273 e. The maximum Gasteiger partial charge on any atom is 0.0273 e. The Kier molecular flexibility index (Phi) is 5.39. The van der Waals surface area contributed by atoms with Crippen LogP contribution in [0, 0.1) is 11.8 Å². The van der Waals surface area contributed by atoms with E-state index in [0.717, 1.165) is 25.0 Å². The van der Waals surface area contributed by atoms with Crippen molar-refractivity contribution in [3.63, 3.8) is 0 Å². The molecule has 27 heavy (non-hydrogen) atoms. The minimum absolute atomic E-state index is 0.307. The maximum atomic E-state index is 6.21. The molecule has 4 rings (SSSR count). The zero-order valence-corrected chi connectivity index (χ0v) is 15.7. The first-order valence-electron chi connectivity index (χ1n) is 9.93. The predicted octanol–water partition coefficient (Wildman–Crippen LogP) is 6.13. The molecule has 0 amide bonds. The summed E-state index contributed by atoms with van der Waals surface area (Å²) < 4.78 is 0. The minimum atomic E-state index is 0.307. The van der Waals surface area contributed by atoms with Gasteiger partial charge in [0.15, 0.2) is 0 Å². The number of rotatable bonds is 5. The van der Waals surface area contributed by atoms with Crippen LogP contribution in [-0.4, -0.2) is 0 Å². The van der Waals surface area contributed by atoms with Gasteiger partial charge in [-0.1, -0.05) is 91.0 Å². The summed E-state index contributed by atoms with van der Waals surface area (Å²) in [5.74, 6) is 1.08. The van der Waals surface area contributed by atoms with Crippen molar-refractivity contribution >= 4 is 0 Å². The van der Waals surface area contributed by atoms with Crippen LogP contribution in [0.1, 0.15) is 36.3 Å². The van der Waals surface area contributed by atoms with Crippen LogP contribution in [0.4, 0.5) is 0 Å². The van der Waals surface area contributed by atoms with Gasteiger partial charge in [-0.25, -0.2) is 0 Å². The van der Waals surface area contributed by atoms with Crippen molar-refractivity contribution in [1.29, 1.82) is 0 Å². The number of allylic oxidation sites excluding steroid dienone is 7. The second-order valence-electron chi connectivity index (χ2n) is 7.48. The summed E-state index contributed by atoms with van der Waals surface area (Å²) in [5.41, 5.74) is 11.3. The van der Waals surface area contributed by atoms with Gasteiger partial charge in [0.05, 0.1) is 0 Å². The summed E-state index contributed by atoms with van der Waals surface area (Å²) in [4.78, 5) is 0. The summed E-state index contributed by atoms with van der Waals surface area (Å²) in [6.07, 6.45) is 16.9. The Labute approximate surface area is 162 Å². The van der Waals surface area contributed by atoms with E-state index in [9.17, 15) is 0 Å². The Morgan fingerprint density at radius 3 is 2.00 bits per heavy atom. The van der Waals surface area contributed by atoms with Gasteiger partial charge in [0, 0.05) is 17.5 Å². The lowest BCUT2D eigenvalue weighted by Gasteiger charge is -2.36. The molecule has 2 atom stereocenters. The molecule has 0 saturated heterocycles. The molecule has 2 aromatic rings. The van der Waals surface area contributed by atoms with Crippen LogP contribution >= 0.6 is 0 Å². The van der Waals surface area contributed by atoms with E-state index in [0.29, 0.717) is 17.8 Å². The van der Waals surface area contributed by atoms with Crippen molar-refractivity contribution in [2.45, 2.75) is 25.2 Å². The van der Waals surface area contributed by atoms with Crippen molar-refractivity contribution in [3.05, 3.63) is 120 Å². The minimum Gasteiger partial charge on any atom is -0.399 e. The van der Waals surface area contributed by atoms with Crippen molar-refractivity contribution in [2.75, 3.05) is 0 Å². The molecular weight excluding hydrogens is 326 g/mol. The summed E-state index contributed by atoms with van der Waals surface area (Å²) in [5, 5.41) is 0. The van der Waals surface area contributed by atoms with E-state index < -0.39 is 0 Å². The molecule has 2 aliphatic rings. The van der Waals surface area contributed by atoms with E-state index in [1.54, 1.807) is 0 Å². The van der Waals surface area contributed by atoms with E-state index in [1.807, 2.05) is 6.08 Å². The lowest BCUT2D eigenvalue weighted by Crippen LogP contribution is -2.26. The molecule has 2 N–H and O–H groups in total. The fourth-order valence-electron chi connectivity index (χ4n) is 4.48. The fourth-order valence-corrected chi connectivity index (χ4v) is 4.48. The molecule has 0 aromatic heterocycles. The van der Waals surface area contributed by atoms with E-state index in [4.69, 9.17) is 5.73 Å². The Hall–Kier alpha value is -2.80. The Morgan fingerprint density at radius 1 is 0.778 bits per heavy atom. The average molecular weight is 354 g/mol. The third kappa shape index (κ3) is 3.98. The van der Waals surface area contributed by atoms with Crippen LogP contribution in [0.15, 0.2) is 108 Å². The molecule has 1 heteroatoms. The van der Waals surface area contributed by atoms with Gasteiger partial charge in [0.1, 0.15) is 0 Å². The lowest BCUT2D eigenvalue weighted by atomic mass is 9.68. The second-order valence-corrected chi connectivity index (χ2v) is 7.48. The van der Waals surface area contributed by atoms with E-state index >= 15 is 0 Å². The predicted molar refractivity (Wildman–Crippen MR) is 114 cm³/mol. The van der Waals surface area contributed by atoms with Crippen molar-refractivity contribution in [2.24, 2.45) is 17.6 Å². The molecule has 0 spiro atoms. The highest BCUT2D eigenvalue weighted by atomic mass is 14.6. The van der Waals surface area contributed by atoms with E-state index in [2.05, 4.69) is 91.0 Å². The highest BCUT2D eigenvalue weighted by molar-refractivity contribution is 5.41. The van der Waals surface area contributed by atoms with Gasteiger partial charge in [-0.15, -0.1) is 0 Å². The number of hydrogen-bond acceptors (Lipinski definition) is 1. The maximum absolute atomic E-state index is 6.21. The summed E-state index contributed by atoms with van der Waals surface area (Å²) >= 11 is 0. The second kappa shape index (κ2) is 8.26. The molecule has 1 nitrogen and oxygen atoms in total. The zero-order valence-electron chi connectivity index (χ0n) is 15.7. The van der Waals surface area contributed by atoms with Crippen molar-refractivity contribution < 1.29 is 0 Å². The van der Waals surface area contributed by atoms with Crippen LogP contribution < -0.4 is 5.73 Å². The first kappa shape index (κ1) is 17.6. The molecule has 0 bridgehead atoms. The standard InChI is InChI=1S/C26H27N/c27-24-18-10-17-23(19-24)26(22-15-8-3-9-16-22)25(20-11-4-1-5-12-20)21-13-6-2-7-14-21/h1-2,4-8,10-16,18-19,23,25-26H,3,9,17,27H2. The average Bonchev–Trinajstić information content (AvgIpc) is 2.74. The summed E-state index contributed by atoms with van der Waals surface area (Å²) in [6, 6.07) is 21.9. The van der Waals surface area contributed by atoms with Gasteiger partial charge in [0.2, 0.25) is 0 Å². The van der Waals surface area contributed by atoms with Crippen LogP contribution in [-0.2, 0) is 0 Å². The quantitative estimate of drug-likeness (QED) is 0.687. The highest BCUT2D eigenvalue weighted by Gasteiger charge is 2.33. The van der Waals surface area contributed by atoms with E-state index in [1.165, 1.54) is 16.7 Å². The molecule has 0 fully saturated rings. The molecule has 0 aliphatic heterocycles. The summed E-state index contributed by atoms with van der Waals surface area (Å²) in [6.45, 7) is 0. The molecular formula is C26H27N. The van der Waals surface area contributed by atoms with Gasteiger partial charge in [-0.3, -0.25) is 0 Å². The van der Waals surface area contributed by atoms with Crippen LogP contribution in [0.25, 0.3) is 0 Å². The number of benzene rings is 2. The Bertz CT molecular complexity index is 831. The van der Waals surface area contributed by atoms with Gasteiger partial charge in [-0.05, 0) is 48.0 Å². The molecule has 0 radical (unpaired) electrons. The third-order valence-electron chi connectivity index (χ3n) is 5.67. The topological polar surface area (TPSA) is 26.0 Å². The molecule has 0 heterocycles. The van der Waals surface area contributed by atoms with Crippen LogP contribution in [0.3, 0.4) is 0 Å². The molecule has 2 aliphatic carbocycles. The van der Waals surface area contributed by atoms with E-state index in [-0.39, 0.29) is 0 Å². The van der Waals surface area contributed by atoms with Crippen molar-refractivity contribution in [1.82, 2.24) is 0 Å². The van der Waals surface area contributed by atoms with Crippen molar-refractivity contribution in [3.8, 4) is 0 Å². The number of hydrogen-bond donors (Lipinski definition) is 1. The molecule has 0 saturated carbocycles. The summed E-state index contributed by atoms with van der Waals surface area (Å²) in [7, 11) is 0. The third-order valence-corrected chi connectivity index (χ3v) is 5.67. The largest absolute Gasteiger partial charge is 0.399 e. The normalized spacial score (nSPS) is 20.3. The zero-order chi connectivity index (χ0) is 18.5. The van der Waals surface area contributed by atoms with Crippen LogP contribution in [0.5, 0.6) is 0 Å². The molecule has 136 valence electrons. The van der Waals surface area contributed by atoms with Gasteiger partial charge < -0.3 is 5.73 Å². The molecule has 2 unspecified atom stereocenters. The lowest BCUT2D eigenvalue weighted by molar-refractivity contribution is 0.412. The van der Waals surface area contributed by atoms with Gasteiger partial charge in [-0.2, -0.15) is 0 Å².